The third-order valence-electron chi connectivity index (χ3n) is 1.87. The van der Waals surface area contributed by atoms with Crippen molar-refractivity contribution in [2.75, 3.05) is 0 Å². The average molecular weight is 212 g/mol. The number of hydrogen-bond donors (Lipinski definition) is 1. The number of rotatable bonds is 4. The molecule has 1 atom stereocenters. The van der Waals surface area contributed by atoms with E-state index in [9.17, 15) is 4.79 Å². The molecule has 0 spiro atoms. The Morgan fingerprint density at radius 2 is 2.29 bits per heavy atom. The first-order chi connectivity index (χ1) is 6.59. The lowest BCUT2D eigenvalue weighted by Gasteiger charge is -2.14. The van der Waals surface area contributed by atoms with Gasteiger partial charge in [0.2, 0.25) is 0 Å². The number of carbonyl (C=O) groups is 1. The van der Waals surface area contributed by atoms with E-state index in [0.29, 0.717) is 11.6 Å². The Balaban J connectivity index is 2.41. The van der Waals surface area contributed by atoms with Crippen LogP contribution in [0.5, 0.6) is 0 Å². The van der Waals surface area contributed by atoms with E-state index in [4.69, 9.17) is 0 Å². The zero-order valence-electron chi connectivity index (χ0n) is 8.78. The minimum absolute atomic E-state index is 0.0700. The van der Waals surface area contributed by atoms with Gasteiger partial charge < -0.3 is 5.32 Å². The zero-order chi connectivity index (χ0) is 10.6. The van der Waals surface area contributed by atoms with E-state index < -0.39 is 0 Å². The summed E-state index contributed by atoms with van der Waals surface area (Å²) in [5.74, 6) is 0.528. The standard InChI is InChI=1S/C10H16N2OS/c1-7(2)4-8(3)12-10(13)9-5-14-6-11-9/h5-8H,4H2,1-3H3,(H,12,13). The molecule has 1 N–H and O–H groups in total. The maximum Gasteiger partial charge on any atom is 0.270 e. The fourth-order valence-electron chi connectivity index (χ4n) is 1.39. The van der Waals surface area contributed by atoms with Crippen LogP contribution in [-0.2, 0) is 0 Å². The number of carbonyl (C=O) groups excluding carboxylic acids is 1. The highest BCUT2D eigenvalue weighted by molar-refractivity contribution is 7.07. The van der Waals surface area contributed by atoms with Crippen LogP contribution in [0.2, 0.25) is 0 Å². The summed E-state index contributed by atoms with van der Waals surface area (Å²) >= 11 is 1.44. The summed E-state index contributed by atoms with van der Waals surface area (Å²) in [4.78, 5) is 15.5. The second-order valence-electron chi connectivity index (χ2n) is 3.88. The number of amides is 1. The molecule has 1 rings (SSSR count). The summed E-state index contributed by atoms with van der Waals surface area (Å²) in [7, 11) is 0. The van der Waals surface area contributed by atoms with Gasteiger partial charge >= 0.3 is 0 Å². The highest BCUT2D eigenvalue weighted by Gasteiger charge is 2.11. The molecule has 0 aliphatic rings. The lowest BCUT2D eigenvalue weighted by molar-refractivity contribution is 0.0932. The van der Waals surface area contributed by atoms with Crippen LogP contribution in [0.1, 0.15) is 37.7 Å². The first-order valence-electron chi connectivity index (χ1n) is 4.78. The molecule has 78 valence electrons. The molecule has 0 saturated heterocycles. The SMILES string of the molecule is CC(C)CC(C)NC(=O)c1cscn1. The van der Waals surface area contributed by atoms with Crippen LogP contribution >= 0.6 is 11.3 Å². The van der Waals surface area contributed by atoms with Crippen molar-refractivity contribution in [2.24, 2.45) is 5.92 Å². The molecule has 0 bridgehead atoms. The van der Waals surface area contributed by atoms with Gasteiger partial charge in [-0.2, -0.15) is 0 Å². The molecule has 3 nitrogen and oxygen atoms in total. The smallest absolute Gasteiger partial charge is 0.270 e. The molecule has 14 heavy (non-hydrogen) atoms. The summed E-state index contributed by atoms with van der Waals surface area (Å²) < 4.78 is 0. The average Bonchev–Trinajstić information content (AvgIpc) is 2.53. The van der Waals surface area contributed by atoms with E-state index >= 15 is 0 Å². The first kappa shape index (κ1) is 11.2. The number of aromatic nitrogens is 1. The van der Waals surface area contributed by atoms with Gasteiger partial charge in [0, 0.05) is 11.4 Å². The molecular weight excluding hydrogens is 196 g/mol. The van der Waals surface area contributed by atoms with Crippen LogP contribution in [0.25, 0.3) is 0 Å². The van der Waals surface area contributed by atoms with Gasteiger partial charge in [-0.05, 0) is 19.3 Å². The molecule has 0 aliphatic heterocycles. The summed E-state index contributed by atoms with van der Waals surface area (Å²) in [5.41, 5.74) is 2.19. The van der Waals surface area contributed by atoms with Crippen LogP contribution in [0.3, 0.4) is 0 Å². The van der Waals surface area contributed by atoms with Gasteiger partial charge in [0.1, 0.15) is 5.69 Å². The topological polar surface area (TPSA) is 42.0 Å². The van der Waals surface area contributed by atoms with Gasteiger partial charge in [0.25, 0.3) is 5.91 Å². The molecule has 4 heteroatoms. The predicted octanol–water partition coefficient (Wildman–Crippen LogP) is 2.31. The lowest BCUT2D eigenvalue weighted by Crippen LogP contribution is -2.33. The largest absolute Gasteiger partial charge is 0.348 e. The van der Waals surface area contributed by atoms with Gasteiger partial charge in [-0.1, -0.05) is 13.8 Å². The predicted molar refractivity (Wildman–Crippen MR) is 58.5 cm³/mol. The van der Waals surface area contributed by atoms with Crippen LogP contribution in [0, 0.1) is 5.92 Å². The highest BCUT2D eigenvalue weighted by Crippen LogP contribution is 2.06. The van der Waals surface area contributed by atoms with Crippen molar-refractivity contribution in [1.29, 1.82) is 0 Å². The fourth-order valence-corrected chi connectivity index (χ4v) is 1.92. The third-order valence-corrected chi connectivity index (χ3v) is 2.45. The minimum atomic E-state index is -0.0700. The molecule has 0 aromatic carbocycles. The van der Waals surface area contributed by atoms with Gasteiger partial charge in [0.15, 0.2) is 0 Å². The Labute approximate surface area is 88.6 Å². The minimum Gasteiger partial charge on any atom is -0.348 e. The Bertz CT molecular complexity index is 282. The molecular formula is C10H16N2OS. The maximum atomic E-state index is 11.5. The quantitative estimate of drug-likeness (QED) is 0.832. The summed E-state index contributed by atoms with van der Waals surface area (Å²) in [6.45, 7) is 6.31. The number of thiazole rings is 1. The van der Waals surface area contributed by atoms with Gasteiger partial charge in [-0.3, -0.25) is 4.79 Å². The maximum absolute atomic E-state index is 11.5. The van der Waals surface area contributed by atoms with Crippen LogP contribution < -0.4 is 5.32 Å². The van der Waals surface area contributed by atoms with Crippen molar-refractivity contribution in [2.45, 2.75) is 33.2 Å². The van der Waals surface area contributed by atoms with Crippen molar-refractivity contribution in [1.82, 2.24) is 10.3 Å². The van der Waals surface area contributed by atoms with E-state index in [1.54, 1.807) is 10.9 Å². The van der Waals surface area contributed by atoms with Crippen molar-refractivity contribution in [3.8, 4) is 0 Å². The van der Waals surface area contributed by atoms with Crippen molar-refractivity contribution < 1.29 is 4.79 Å². The Kier molecular flexibility index (Phi) is 4.07. The lowest BCUT2D eigenvalue weighted by atomic mass is 10.1. The van der Waals surface area contributed by atoms with Gasteiger partial charge in [-0.25, -0.2) is 4.98 Å². The number of nitrogens with zero attached hydrogens (tertiary/aromatic N) is 1. The molecule has 0 fully saturated rings. The van der Waals surface area contributed by atoms with E-state index in [1.165, 1.54) is 11.3 Å². The van der Waals surface area contributed by atoms with Gasteiger partial charge in [-0.15, -0.1) is 11.3 Å². The van der Waals surface area contributed by atoms with Crippen molar-refractivity contribution in [3.05, 3.63) is 16.6 Å². The normalized spacial score (nSPS) is 12.9. The molecule has 1 unspecified atom stereocenters. The monoisotopic (exact) mass is 212 g/mol. The highest BCUT2D eigenvalue weighted by atomic mass is 32.1. The number of hydrogen-bond acceptors (Lipinski definition) is 3. The second-order valence-corrected chi connectivity index (χ2v) is 4.60. The second kappa shape index (κ2) is 5.10. The molecule has 0 saturated carbocycles. The van der Waals surface area contributed by atoms with Crippen LogP contribution in [0.15, 0.2) is 10.9 Å². The zero-order valence-corrected chi connectivity index (χ0v) is 9.60. The summed E-state index contributed by atoms with van der Waals surface area (Å²) in [6.07, 6.45) is 0.996. The van der Waals surface area contributed by atoms with Crippen molar-refractivity contribution in [3.63, 3.8) is 0 Å². The molecule has 0 radical (unpaired) electrons. The van der Waals surface area contributed by atoms with Crippen molar-refractivity contribution >= 4 is 17.2 Å². The Morgan fingerprint density at radius 3 is 2.79 bits per heavy atom. The van der Waals surface area contributed by atoms with E-state index in [0.717, 1.165) is 6.42 Å². The van der Waals surface area contributed by atoms with Crippen LogP contribution in [-0.4, -0.2) is 16.9 Å². The Morgan fingerprint density at radius 1 is 1.57 bits per heavy atom. The number of nitrogens with one attached hydrogen (secondary N) is 1. The first-order valence-corrected chi connectivity index (χ1v) is 5.73. The molecule has 1 heterocycles. The Hall–Kier alpha value is -0.900. The fraction of sp³-hybridized carbons (Fsp3) is 0.600. The molecule has 1 aromatic heterocycles. The van der Waals surface area contributed by atoms with Crippen LogP contribution in [0.4, 0.5) is 0 Å². The molecule has 1 amide bonds. The summed E-state index contributed by atoms with van der Waals surface area (Å²) in [6, 6.07) is 0.212. The molecule has 1 aromatic rings. The summed E-state index contributed by atoms with van der Waals surface area (Å²) in [5, 5.41) is 4.68. The molecule has 0 aliphatic carbocycles. The van der Waals surface area contributed by atoms with E-state index in [-0.39, 0.29) is 11.9 Å². The van der Waals surface area contributed by atoms with E-state index in [2.05, 4.69) is 24.1 Å². The third kappa shape index (κ3) is 3.46. The van der Waals surface area contributed by atoms with E-state index in [1.807, 2.05) is 6.92 Å². The van der Waals surface area contributed by atoms with Gasteiger partial charge in [0.05, 0.1) is 5.51 Å².